The number of allylic oxidation sites excluding steroid dienone is 3. The van der Waals surface area contributed by atoms with Crippen molar-refractivity contribution in [2.45, 2.75) is 6.16 Å². The van der Waals surface area contributed by atoms with E-state index in [1.54, 1.807) is 0 Å². The van der Waals surface area contributed by atoms with Crippen LogP contribution in [-0.4, -0.2) is 5.29 Å². The van der Waals surface area contributed by atoms with Crippen molar-refractivity contribution in [3.63, 3.8) is 0 Å². The minimum Gasteiger partial charge on any atom is -0.0622 e. The van der Waals surface area contributed by atoms with Crippen LogP contribution < -0.4 is 5.30 Å². The highest BCUT2D eigenvalue weighted by Gasteiger charge is 2.33. The maximum Gasteiger partial charge on any atom is 0.000680 e. The summed E-state index contributed by atoms with van der Waals surface area (Å²) in [6, 6.07) is 55.1. The van der Waals surface area contributed by atoms with E-state index in [1.807, 2.05) is 0 Å². The summed E-state index contributed by atoms with van der Waals surface area (Å²) < 4.78 is 0. The van der Waals surface area contributed by atoms with Crippen molar-refractivity contribution in [2.24, 2.45) is 0 Å². The van der Waals surface area contributed by atoms with Gasteiger partial charge in [-0.2, -0.15) is 0 Å². The van der Waals surface area contributed by atoms with Crippen LogP contribution in [0, 0.1) is 0 Å². The largest absolute Gasteiger partial charge is 0.0622 e. The maximum atomic E-state index is 2.47. The van der Waals surface area contributed by atoms with Crippen LogP contribution in [0.5, 0.6) is 0 Å². The van der Waals surface area contributed by atoms with Crippen molar-refractivity contribution in [3.8, 4) is 0 Å². The zero-order chi connectivity index (χ0) is 24.9. The summed E-state index contributed by atoms with van der Waals surface area (Å²) in [4.78, 5) is 0. The molecule has 178 valence electrons. The molecule has 0 nitrogen and oxygen atoms in total. The molecule has 37 heavy (non-hydrogen) atoms. The van der Waals surface area contributed by atoms with E-state index in [2.05, 4.69) is 164 Å². The molecular formula is C36H29P. The lowest BCUT2D eigenvalue weighted by Gasteiger charge is -2.37. The minimum absolute atomic E-state index is 0.974. The second kappa shape index (κ2) is 10.5. The molecule has 6 rings (SSSR count). The number of rotatable bonds is 6. The van der Waals surface area contributed by atoms with Gasteiger partial charge < -0.3 is 0 Å². The van der Waals surface area contributed by atoms with Crippen LogP contribution in [0.3, 0.4) is 0 Å². The molecule has 5 aromatic rings. The molecule has 0 fully saturated rings. The fraction of sp³-hybridized carbons (Fsp3) is 0.0278. The monoisotopic (exact) mass is 492 g/mol. The summed E-state index contributed by atoms with van der Waals surface area (Å²) in [5.41, 5.74) is 6.47. The zero-order valence-electron chi connectivity index (χ0n) is 20.7. The van der Waals surface area contributed by atoms with E-state index in [-0.39, 0.29) is 0 Å². The Hall–Kier alpha value is -4.12. The predicted molar refractivity (Wildman–Crippen MR) is 163 cm³/mol. The van der Waals surface area contributed by atoms with Gasteiger partial charge in [-0.3, -0.25) is 0 Å². The Morgan fingerprint density at radius 1 is 0.405 bits per heavy atom. The third-order valence-electron chi connectivity index (χ3n) is 7.11. The molecule has 0 aliphatic carbocycles. The Bertz CT molecular complexity index is 1590. The average molecular weight is 493 g/mol. The van der Waals surface area contributed by atoms with E-state index < -0.39 is 6.89 Å². The molecule has 1 aliphatic rings. The molecule has 1 atom stereocenters. The molecule has 0 N–H and O–H groups in total. The van der Waals surface area contributed by atoms with E-state index in [9.17, 15) is 0 Å². The van der Waals surface area contributed by atoms with Gasteiger partial charge in [-0.1, -0.05) is 152 Å². The van der Waals surface area contributed by atoms with Crippen LogP contribution >= 0.6 is 6.89 Å². The van der Waals surface area contributed by atoms with E-state index in [4.69, 9.17) is 0 Å². The minimum atomic E-state index is -2.09. The molecule has 1 unspecified atom stereocenters. The van der Waals surface area contributed by atoms with Crippen LogP contribution in [-0.2, 0) is 6.16 Å². The summed E-state index contributed by atoms with van der Waals surface area (Å²) >= 11 is 0. The molecule has 5 aromatic carbocycles. The molecule has 0 amide bonds. The fourth-order valence-corrected chi connectivity index (χ4v) is 10.1. The molecule has 0 radical (unpaired) electrons. The molecule has 1 heteroatoms. The Kier molecular flexibility index (Phi) is 6.59. The highest BCUT2D eigenvalue weighted by molar-refractivity contribution is 7.91. The van der Waals surface area contributed by atoms with E-state index in [0.717, 1.165) is 6.16 Å². The Labute approximate surface area is 220 Å². The second-order valence-corrected chi connectivity index (χ2v) is 12.8. The highest BCUT2D eigenvalue weighted by atomic mass is 31.2. The molecule has 0 spiro atoms. The lowest BCUT2D eigenvalue weighted by molar-refractivity contribution is 1.40. The van der Waals surface area contributed by atoms with Crippen LogP contribution in [0.2, 0.25) is 0 Å². The van der Waals surface area contributed by atoms with Gasteiger partial charge >= 0.3 is 0 Å². The standard InChI is InChI=1S/C36H29P/c1-6-16-29(17-7-1)28-37(34-24-14-5-15-25-34)35(31-20-10-3-11-21-31)26-33(30-18-8-2-9-19-30)27-36(37)32-22-12-4-13-23-32/h1-27H,28H2. The molecule has 0 saturated carbocycles. The summed E-state index contributed by atoms with van der Waals surface area (Å²) in [6.07, 6.45) is 5.92. The van der Waals surface area contributed by atoms with E-state index >= 15 is 0 Å². The van der Waals surface area contributed by atoms with E-state index in [1.165, 1.54) is 43.7 Å². The third-order valence-corrected chi connectivity index (χ3v) is 11.6. The number of benzene rings is 5. The van der Waals surface area contributed by atoms with Crippen molar-refractivity contribution < 1.29 is 0 Å². The molecular weight excluding hydrogens is 463 g/mol. The lowest BCUT2D eigenvalue weighted by atomic mass is 10.0. The third kappa shape index (κ3) is 4.57. The van der Waals surface area contributed by atoms with E-state index in [0.29, 0.717) is 0 Å². The van der Waals surface area contributed by atoms with Crippen molar-refractivity contribution in [3.05, 3.63) is 186 Å². The van der Waals surface area contributed by atoms with Crippen molar-refractivity contribution in [1.29, 1.82) is 0 Å². The average Bonchev–Trinajstić information content (AvgIpc) is 2.99. The molecule has 0 saturated heterocycles. The van der Waals surface area contributed by atoms with Gasteiger partial charge in [-0.25, -0.2) is 0 Å². The van der Waals surface area contributed by atoms with Crippen molar-refractivity contribution in [1.82, 2.24) is 0 Å². The highest BCUT2D eigenvalue weighted by Crippen LogP contribution is 2.65. The van der Waals surface area contributed by atoms with Gasteiger partial charge in [0.1, 0.15) is 0 Å². The van der Waals surface area contributed by atoms with Gasteiger partial charge in [-0.15, -0.1) is 0 Å². The van der Waals surface area contributed by atoms with Crippen LogP contribution in [0.15, 0.2) is 164 Å². The van der Waals surface area contributed by atoms with Crippen LogP contribution in [0.25, 0.3) is 10.9 Å². The normalized spacial score (nSPS) is 17.1. The first-order chi connectivity index (χ1) is 18.3. The maximum absolute atomic E-state index is 2.47. The topological polar surface area (TPSA) is 0 Å². The first kappa shape index (κ1) is 23.3. The summed E-state index contributed by atoms with van der Waals surface area (Å²) in [5, 5.41) is 4.28. The van der Waals surface area contributed by atoms with Crippen LogP contribution in [0.4, 0.5) is 0 Å². The Balaban J connectivity index is 1.78. The predicted octanol–water partition coefficient (Wildman–Crippen LogP) is 8.89. The van der Waals surface area contributed by atoms with Gasteiger partial charge in [0.05, 0.1) is 0 Å². The van der Waals surface area contributed by atoms with Gasteiger partial charge in [0.15, 0.2) is 0 Å². The van der Waals surface area contributed by atoms with Gasteiger partial charge in [0.2, 0.25) is 0 Å². The Morgan fingerprint density at radius 3 is 1.43 bits per heavy atom. The molecule has 1 heterocycles. The lowest BCUT2D eigenvalue weighted by Crippen LogP contribution is -2.19. The molecule has 0 bridgehead atoms. The summed E-state index contributed by atoms with van der Waals surface area (Å²) in [7, 11) is 0. The van der Waals surface area contributed by atoms with Gasteiger partial charge in [0, 0.05) is 6.16 Å². The molecule has 1 aliphatic heterocycles. The van der Waals surface area contributed by atoms with Crippen molar-refractivity contribution in [2.75, 3.05) is 0 Å². The molecule has 0 aromatic heterocycles. The number of hydrogen-bond donors (Lipinski definition) is 0. The van der Waals surface area contributed by atoms with Crippen molar-refractivity contribution >= 4 is 28.4 Å². The SMILES string of the molecule is C1=C(c2ccccc2)C=C(c2ccccc2)P(Cc2ccccc2)(c2ccccc2)=C1c1ccccc1. The zero-order valence-corrected chi connectivity index (χ0v) is 21.6. The van der Waals surface area contributed by atoms with Gasteiger partial charge in [0.25, 0.3) is 0 Å². The quantitative estimate of drug-likeness (QED) is 0.208. The first-order valence-electron chi connectivity index (χ1n) is 12.8. The van der Waals surface area contributed by atoms with Crippen LogP contribution in [0.1, 0.15) is 22.3 Å². The Morgan fingerprint density at radius 2 is 0.865 bits per heavy atom. The smallest absolute Gasteiger partial charge is 0.000680 e. The fourth-order valence-electron chi connectivity index (χ4n) is 5.39. The first-order valence-corrected chi connectivity index (χ1v) is 14.8. The number of hydrogen-bond acceptors (Lipinski definition) is 0. The summed E-state index contributed by atoms with van der Waals surface area (Å²) in [5.74, 6) is 0. The van der Waals surface area contributed by atoms with Gasteiger partial charge in [-0.05, 0) is 62.8 Å². The summed E-state index contributed by atoms with van der Waals surface area (Å²) in [6.45, 7) is -2.09. The second-order valence-electron chi connectivity index (χ2n) is 9.40.